The van der Waals surface area contributed by atoms with Crippen LogP contribution in [0.5, 0.6) is 5.75 Å². The summed E-state index contributed by atoms with van der Waals surface area (Å²) < 4.78 is 45.3. The summed E-state index contributed by atoms with van der Waals surface area (Å²) in [6.07, 6.45) is -4.46. The second-order valence-corrected chi connectivity index (χ2v) is 5.51. The van der Waals surface area contributed by atoms with E-state index in [1.165, 1.54) is 19.2 Å². The zero-order chi connectivity index (χ0) is 18.2. The average Bonchev–Trinajstić information content (AvgIpc) is 2.91. The zero-order valence-corrected chi connectivity index (χ0v) is 13.5. The topological polar surface area (TPSA) is 43.3 Å². The van der Waals surface area contributed by atoms with E-state index < -0.39 is 17.6 Å². The molecule has 1 N–H and O–H groups in total. The summed E-state index contributed by atoms with van der Waals surface area (Å²) in [5.74, 6) is 0.117. The molecule has 0 atom stereocenters. The van der Waals surface area contributed by atoms with E-state index >= 15 is 0 Å². The van der Waals surface area contributed by atoms with Gasteiger partial charge < -0.3 is 14.6 Å². The van der Waals surface area contributed by atoms with Crippen molar-refractivity contribution in [1.29, 1.82) is 0 Å². The number of ether oxygens (including phenoxy) is 1. The fourth-order valence-electron chi connectivity index (χ4n) is 2.70. The third kappa shape index (κ3) is 3.17. The van der Waals surface area contributed by atoms with Crippen LogP contribution in [0.15, 0.2) is 48.5 Å². The Morgan fingerprint density at radius 3 is 2.52 bits per heavy atom. The maximum absolute atomic E-state index is 12.8. The number of hydrogen-bond donors (Lipinski definition) is 1. The van der Waals surface area contributed by atoms with Gasteiger partial charge in [-0.05, 0) is 36.4 Å². The molecule has 0 radical (unpaired) electrons. The minimum Gasteiger partial charge on any atom is -0.496 e. The molecule has 0 unspecified atom stereocenters. The van der Waals surface area contributed by atoms with Crippen LogP contribution in [0.2, 0.25) is 0 Å². The Hall–Kier alpha value is -2.96. The minimum absolute atomic E-state index is 0.0806. The molecule has 0 saturated carbocycles. The van der Waals surface area contributed by atoms with Crippen LogP contribution in [0.1, 0.15) is 16.1 Å². The first-order valence-electron chi connectivity index (χ1n) is 7.42. The Kier molecular flexibility index (Phi) is 4.16. The summed E-state index contributed by atoms with van der Waals surface area (Å²) in [7, 11) is 3.24. The molecule has 1 amide bonds. The summed E-state index contributed by atoms with van der Waals surface area (Å²) in [6.45, 7) is 0. The lowest BCUT2D eigenvalue weighted by molar-refractivity contribution is -0.137. The van der Waals surface area contributed by atoms with Crippen LogP contribution in [-0.2, 0) is 13.2 Å². The number of nitrogens with one attached hydrogen (secondary N) is 1. The molecule has 1 aromatic heterocycles. The van der Waals surface area contributed by atoms with Crippen molar-refractivity contribution >= 4 is 22.5 Å². The average molecular weight is 348 g/mol. The monoisotopic (exact) mass is 348 g/mol. The summed E-state index contributed by atoms with van der Waals surface area (Å²) in [5.41, 5.74) is 0.367. The Morgan fingerprint density at radius 2 is 1.84 bits per heavy atom. The SMILES string of the molecule is COc1cccc2c1cc(C(=O)Nc1cccc(C(F)(F)F)c1)n2C. The third-order valence-electron chi connectivity index (χ3n) is 3.95. The zero-order valence-electron chi connectivity index (χ0n) is 13.5. The van der Waals surface area contributed by atoms with Crippen molar-refractivity contribution in [2.45, 2.75) is 6.18 Å². The molecular weight excluding hydrogens is 333 g/mol. The summed E-state index contributed by atoms with van der Waals surface area (Å²) in [6, 6.07) is 11.6. The van der Waals surface area contributed by atoms with E-state index in [9.17, 15) is 18.0 Å². The van der Waals surface area contributed by atoms with Gasteiger partial charge in [0, 0.05) is 18.1 Å². The van der Waals surface area contributed by atoms with Crippen molar-refractivity contribution in [3.63, 3.8) is 0 Å². The maximum Gasteiger partial charge on any atom is 0.416 e. The van der Waals surface area contributed by atoms with Gasteiger partial charge in [-0.1, -0.05) is 12.1 Å². The highest BCUT2D eigenvalue weighted by Crippen LogP contribution is 2.31. The quantitative estimate of drug-likeness (QED) is 0.759. The molecule has 2 aromatic carbocycles. The van der Waals surface area contributed by atoms with Gasteiger partial charge in [-0.15, -0.1) is 0 Å². The number of carbonyl (C=O) groups excluding carboxylic acids is 1. The fraction of sp³-hybridized carbons (Fsp3) is 0.167. The van der Waals surface area contributed by atoms with Gasteiger partial charge in [-0.25, -0.2) is 0 Å². The molecule has 0 aliphatic carbocycles. The number of benzene rings is 2. The molecule has 7 heteroatoms. The lowest BCUT2D eigenvalue weighted by atomic mass is 10.2. The van der Waals surface area contributed by atoms with E-state index in [1.807, 2.05) is 6.07 Å². The number of halogens is 3. The second kappa shape index (κ2) is 6.16. The van der Waals surface area contributed by atoms with Crippen LogP contribution >= 0.6 is 0 Å². The normalized spacial score (nSPS) is 11.6. The first-order valence-corrected chi connectivity index (χ1v) is 7.42. The molecular formula is C18H15F3N2O2. The van der Waals surface area contributed by atoms with Crippen LogP contribution in [0.3, 0.4) is 0 Å². The van der Waals surface area contributed by atoms with Crippen molar-refractivity contribution in [1.82, 2.24) is 4.57 Å². The molecule has 0 aliphatic rings. The highest BCUT2D eigenvalue weighted by molar-refractivity contribution is 6.07. The van der Waals surface area contributed by atoms with Crippen LogP contribution in [0, 0.1) is 0 Å². The number of alkyl halides is 3. The lowest BCUT2D eigenvalue weighted by Gasteiger charge is -2.10. The van der Waals surface area contributed by atoms with Gasteiger partial charge in [0.05, 0.1) is 18.2 Å². The van der Waals surface area contributed by atoms with Crippen molar-refractivity contribution in [2.75, 3.05) is 12.4 Å². The Bertz CT molecular complexity index is 945. The van der Waals surface area contributed by atoms with Crippen LogP contribution in [-0.4, -0.2) is 17.6 Å². The summed E-state index contributed by atoms with van der Waals surface area (Å²) in [4.78, 5) is 12.5. The largest absolute Gasteiger partial charge is 0.496 e. The predicted octanol–water partition coefficient (Wildman–Crippen LogP) is 4.46. The highest BCUT2D eigenvalue weighted by Gasteiger charge is 2.30. The lowest BCUT2D eigenvalue weighted by Crippen LogP contribution is -2.16. The molecule has 0 aliphatic heterocycles. The maximum atomic E-state index is 12.8. The highest BCUT2D eigenvalue weighted by atomic mass is 19.4. The molecule has 130 valence electrons. The summed E-state index contributed by atoms with van der Waals surface area (Å²) in [5, 5.41) is 3.26. The fourth-order valence-corrected chi connectivity index (χ4v) is 2.70. The van der Waals surface area contributed by atoms with Crippen molar-refractivity contribution in [3.05, 3.63) is 59.8 Å². The Labute approximate surface area is 141 Å². The number of aromatic nitrogens is 1. The van der Waals surface area contributed by atoms with Crippen molar-refractivity contribution in [2.24, 2.45) is 7.05 Å². The van der Waals surface area contributed by atoms with Gasteiger partial charge in [0.2, 0.25) is 0 Å². The molecule has 0 saturated heterocycles. The van der Waals surface area contributed by atoms with Gasteiger partial charge in [-0.2, -0.15) is 13.2 Å². The van der Waals surface area contributed by atoms with Crippen molar-refractivity contribution < 1.29 is 22.7 Å². The number of nitrogens with zero attached hydrogens (tertiary/aromatic N) is 1. The van der Waals surface area contributed by atoms with Gasteiger partial charge in [-0.3, -0.25) is 4.79 Å². The second-order valence-electron chi connectivity index (χ2n) is 5.51. The van der Waals surface area contributed by atoms with E-state index in [-0.39, 0.29) is 5.69 Å². The van der Waals surface area contributed by atoms with Crippen LogP contribution < -0.4 is 10.1 Å². The Morgan fingerprint density at radius 1 is 1.12 bits per heavy atom. The molecule has 1 heterocycles. The smallest absolute Gasteiger partial charge is 0.416 e. The molecule has 3 aromatic rings. The first-order chi connectivity index (χ1) is 11.8. The number of anilines is 1. The van der Waals surface area contributed by atoms with Gasteiger partial charge >= 0.3 is 6.18 Å². The van der Waals surface area contributed by atoms with Crippen LogP contribution in [0.4, 0.5) is 18.9 Å². The van der Waals surface area contributed by atoms with E-state index in [0.717, 1.165) is 23.0 Å². The molecule has 0 fully saturated rings. The molecule has 0 bridgehead atoms. The number of fused-ring (bicyclic) bond motifs is 1. The third-order valence-corrected chi connectivity index (χ3v) is 3.95. The van der Waals surface area contributed by atoms with E-state index in [2.05, 4.69) is 5.32 Å². The predicted molar refractivity (Wildman–Crippen MR) is 88.9 cm³/mol. The summed E-state index contributed by atoms with van der Waals surface area (Å²) >= 11 is 0. The molecule has 0 spiro atoms. The number of hydrogen-bond acceptors (Lipinski definition) is 2. The van der Waals surface area contributed by atoms with Gasteiger partial charge in [0.1, 0.15) is 11.4 Å². The molecule has 4 nitrogen and oxygen atoms in total. The number of rotatable bonds is 3. The number of amides is 1. The minimum atomic E-state index is -4.46. The first kappa shape index (κ1) is 16.9. The Balaban J connectivity index is 1.95. The number of aryl methyl sites for hydroxylation is 1. The number of methoxy groups -OCH3 is 1. The van der Waals surface area contributed by atoms with Crippen molar-refractivity contribution in [3.8, 4) is 5.75 Å². The van der Waals surface area contributed by atoms with Crippen LogP contribution in [0.25, 0.3) is 10.9 Å². The number of carbonyl (C=O) groups is 1. The van der Waals surface area contributed by atoms with E-state index in [1.54, 1.807) is 29.8 Å². The molecule has 25 heavy (non-hydrogen) atoms. The van der Waals surface area contributed by atoms with E-state index in [4.69, 9.17) is 4.74 Å². The molecule has 3 rings (SSSR count). The standard InChI is InChI=1S/C18H15F3N2O2/c1-23-14-7-4-8-16(25-2)13(14)10-15(23)17(24)22-12-6-3-5-11(9-12)18(19,20)21/h3-10H,1-2H3,(H,22,24). The van der Waals surface area contributed by atoms with Gasteiger partial charge in [0.15, 0.2) is 0 Å². The van der Waals surface area contributed by atoms with E-state index in [0.29, 0.717) is 11.4 Å². The van der Waals surface area contributed by atoms with Gasteiger partial charge in [0.25, 0.3) is 5.91 Å².